The van der Waals surface area contributed by atoms with E-state index in [1.54, 1.807) is 0 Å². The lowest BCUT2D eigenvalue weighted by Crippen LogP contribution is -2.27. The first kappa shape index (κ1) is 12.1. The topological polar surface area (TPSA) is 9.23 Å². The monoisotopic (exact) mass is 214 g/mol. The van der Waals surface area contributed by atoms with Crippen molar-refractivity contribution in [2.45, 2.75) is 45.6 Å². The fourth-order valence-corrected chi connectivity index (χ4v) is 1.91. The van der Waals surface area contributed by atoms with Gasteiger partial charge in [0.1, 0.15) is 0 Å². The number of rotatable bonds is 4. The Balaban J connectivity index is 2.19. The van der Waals surface area contributed by atoms with Crippen LogP contribution in [-0.2, 0) is 4.74 Å². The van der Waals surface area contributed by atoms with E-state index in [9.17, 15) is 0 Å². The maximum atomic E-state index is 5.78. The summed E-state index contributed by atoms with van der Waals surface area (Å²) >= 11 is 4.16. The number of thiol groups is 1. The molecule has 1 nitrogen and oxygen atoms in total. The molecule has 1 rings (SSSR count). The van der Waals surface area contributed by atoms with E-state index in [1.165, 1.54) is 25.7 Å². The van der Waals surface area contributed by atoms with Crippen LogP contribution in [0.3, 0.4) is 0 Å². The van der Waals surface area contributed by atoms with Crippen molar-refractivity contribution in [3.63, 3.8) is 0 Å². The lowest BCUT2D eigenvalue weighted by molar-refractivity contribution is 0.0161. The minimum absolute atomic E-state index is 0.458. The zero-order chi connectivity index (χ0) is 10.6. The minimum atomic E-state index is 0.458. The molecule has 0 spiro atoms. The number of hydrogen-bond acceptors (Lipinski definition) is 2. The van der Waals surface area contributed by atoms with E-state index < -0.39 is 0 Å². The second-order valence-corrected chi connectivity index (χ2v) is 5.40. The molecule has 0 aromatic rings. The van der Waals surface area contributed by atoms with Crippen LogP contribution in [0.25, 0.3) is 0 Å². The van der Waals surface area contributed by atoms with Gasteiger partial charge in [0.15, 0.2) is 0 Å². The average molecular weight is 214 g/mol. The van der Waals surface area contributed by atoms with E-state index in [0.717, 1.165) is 11.3 Å². The van der Waals surface area contributed by atoms with Crippen LogP contribution < -0.4 is 0 Å². The normalized spacial score (nSPS) is 22.2. The van der Waals surface area contributed by atoms with E-state index in [2.05, 4.69) is 33.1 Å². The Labute approximate surface area is 93.3 Å². The van der Waals surface area contributed by atoms with Crippen LogP contribution in [0.5, 0.6) is 0 Å². The largest absolute Gasteiger partial charge is 0.374 e. The zero-order valence-electron chi connectivity index (χ0n) is 9.38. The molecule has 0 aromatic heterocycles. The Kier molecular flexibility index (Phi) is 4.52. The molecule has 0 atom stereocenters. The van der Waals surface area contributed by atoms with E-state index in [4.69, 9.17) is 4.74 Å². The fraction of sp³-hybridized carbons (Fsp3) is 0.833. The maximum Gasteiger partial charge on any atom is 0.0685 e. The highest BCUT2D eigenvalue weighted by Crippen LogP contribution is 2.36. The van der Waals surface area contributed by atoms with Gasteiger partial charge in [-0.25, -0.2) is 0 Å². The lowest BCUT2D eigenvalue weighted by atomic mass is 9.76. The molecule has 0 aliphatic heterocycles. The molecule has 0 bridgehead atoms. The van der Waals surface area contributed by atoms with Crippen LogP contribution in [-0.4, -0.2) is 18.5 Å². The highest BCUT2D eigenvalue weighted by molar-refractivity contribution is 7.80. The summed E-state index contributed by atoms with van der Waals surface area (Å²) in [5, 5.41) is 0. The van der Waals surface area contributed by atoms with Gasteiger partial charge < -0.3 is 4.74 Å². The van der Waals surface area contributed by atoms with E-state index >= 15 is 0 Å². The van der Waals surface area contributed by atoms with Gasteiger partial charge in [-0.15, -0.1) is 0 Å². The molecule has 82 valence electrons. The van der Waals surface area contributed by atoms with Crippen molar-refractivity contribution in [1.82, 2.24) is 0 Å². The summed E-state index contributed by atoms with van der Waals surface area (Å²) in [6.07, 6.45) is 5.43. The third kappa shape index (κ3) is 4.05. The molecule has 0 heterocycles. The molecule has 0 radical (unpaired) electrons. The van der Waals surface area contributed by atoms with E-state index in [1.807, 2.05) is 0 Å². The molecular weight excluding hydrogens is 192 g/mol. The molecule has 0 unspecified atom stereocenters. The van der Waals surface area contributed by atoms with Gasteiger partial charge in [0.05, 0.1) is 12.7 Å². The Hall–Kier alpha value is 0.0500. The highest BCUT2D eigenvalue weighted by atomic mass is 32.1. The Bertz CT molecular complexity index is 188. The molecule has 14 heavy (non-hydrogen) atoms. The first-order chi connectivity index (χ1) is 6.53. The number of ether oxygens (including phenoxy) is 1. The van der Waals surface area contributed by atoms with Crippen LogP contribution in [0.2, 0.25) is 0 Å². The van der Waals surface area contributed by atoms with Crippen molar-refractivity contribution in [2.24, 2.45) is 5.41 Å². The summed E-state index contributed by atoms with van der Waals surface area (Å²) in [7, 11) is 0. The fourth-order valence-electron chi connectivity index (χ4n) is 1.82. The van der Waals surface area contributed by atoms with Crippen LogP contribution >= 0.6 is 12.6 Å². The third-order valence-corrected chi connectivity index (χ3v) is 3.48. The quantitative estimate of drug-likeness (QED) is 0.557. The highest BCUT2D eigenvalue weighted by Gasteiger charge is 2.26. The molecule has 0 amide bonds. The van der Waals surface area contributed by atoms with Crippen LogP contribution in [0.4, 0.5) is 0 Å². The Morgan fingerprint density at radius 1 is 1.43 bits per heavy atom. The van der Waals surface area contributed by atoms with E-state index in [-0.39, 0.29) is 0 Å². The van der Waals surface area contributed by atoms with Crippen molar-refractivity contribution in [3.8, 4) is 0 Å². The smallest absolute Gasteiger partial charge is 0.0685 e. The summed E-state index contributed by atoms with van der Waals surface area (Å²) in [6.45, 7) is 9.26. The average Bonchev–Trinajstić information content (AvgIpc) is 2.16. The summed E-state index contributed by atoms with van der Waals surface area (Å²) in [6, 6.07) is 0. The van der Waals surface area contributed by atoms with Gasteiger partial charge >= 0.3 is 0 Å². The second kappa shape index (κ2) is 5.22. The van der Waals surface area contributed by atoms with Gasteiger partial charge in [0.2, 0.25) is 0 Å². The standard InChI is InChI=1S/C12H22OS/c1-10(9-14)8-13-11-4-6-12(2,3)7-5-11/h11,14H,1,4-9H2,2-3H3. The second-order valence-electron chi connectivity index (χ2n) is 5.08. The SMILES string of the molecule is C=C(CS)COC1CCC(C)(C)CC1. The molecule has 1 saturated carbocycles. The van der Waals surface area contributed by atoms with Crippen molar-refractivity contribution in [3.05, 3.63) is 12.2 Å². The van der Waals surface area contributed by atoms with Crippen LogP contribution in [0.1, 0.15) is 39.5 Å². The lowest BCUT2D eigenvalue weighted by Gasteiger charge is -2.34. The predicted octanol–water partition coefficient (Wildman–Crippen LogP) is 3.46. The predicted molar refractivity (Wildman–Crippen MR) is 65.0 cm³/mol. The third-order valence-electron chi connectivity index (χ3n) is 3.03. The maximum absolute atomic E-state index is 5.78. The van der Waals surface area contributed by atoms with Crippen molar-refractivity contribution < 1.29 is 4.74 Å². The molecule has 0 N–H and O–H groups in total. The van der Waals surface area contributed by atoms with Gasteiger partial charge in [-0.2, -0.15) is 12.6 Å². The Morgan fingerprint density at radius 2 is 2.00 bits per heavy atom. The molecule has 1 aliphatic carbocycles. The van der Waals surface area contributed by atoms with Gasteiger partial charge in [0, 0.05) is 5.75 Å². The summed E-state index contributed by atoms with van der Waals surface area (Å²) in [4.78, 5) is 0. The van der Waals surface area contributed by atoms with Gasteiger partial charge in [-0.1, -0.05) is 20.4 Å². The van der Waals surface area contributed by atoms with Crippen molar-refractivity contribution in [2.75, 3.05) is 12.4 Å². The molecule has 1 aliphatic rings. The van der Waals surface area contributed by atoms with Crippen LogP contribution in [0, 0.1) is 5.41 Å². The number of hydrogen-bond donors (Lipinski definition) is 1. The molecule has 2 heteroatoms. The summed E-state index contributed by atoms with van der Waals surface area (Å²) in [5.41, 5.74) is 1.61. The summed E-state index contributed by atoms with van der Waals surface area (Å²) in [5.74, 6) is 0.734. The van der Waals surface area contributed by atoms with Gasteiger partial charge in [-0.05, 0) is 36.7 Å². The zero-order valence-corrected chi connectivity index (χ0v) is 10.3. The minimum Gasteiger partial charge on any atom is -0.374 e. The molecule has 1 fully saturated rings. The van der Waals surface area contributed by atoms with Crippen molar-refractivity contribution in [1.29, 1.82) is 0 Å². The molecule has 0 saturated heterocycles. The van der Waals surface area contributed by atoms with Crippen LogP contribution in [0.15, 0.2) is 12.2 Å². The molecular formula is C12H22OS. The van der Waals surface area contributed by atoms with Gasteiger partial charge in [0.25, 0.3) is 0 Å². The molecule has 0 aromatic carbocycles. The Morgan fingerprint density at radius 3 is 2.50 bits per heavy atom. The summed E-state index contributed by atoms with van der Waals surface area (Å²) < 4.78 is 5.78. The van der Waals surface area contributed by atoms with E-state index in [0.29, 0.717) is 18.1 Å². The van der Waals surface area contributed by atoms with Crippen molar-refractivity contribution >= 4 is 12.6 Å². The first-order valence-corrected chi connectivity index (χ1v) is 6.06. The first-order valence-electron chi connectivity index (χ1n) is 5.42. The van der Waals surface area contributed by atoms with Gasteiger partial charge in [-0.3, -0.25) is 0 Å².